The predicted molar refractivity (Wildman–Crippen MR) is 77.7 cm³/mol. The quantitative estimate of drug-likeness (QED) is 0.493. The molecule has 1 aliphatic rings. The molecule has 0 aromatic heterocycles. The molecule has 1 fully saturated rings. The average Bonchev–Trinajstić information content (AvgIpc) is 2.51. The van der Waals surface area contributed by atoms with Gasteiger partial charge in [-0.15, -0.1) is 0 Å². The summed E-state index contributed by atoms with van der Waals surface area (Å²) in [5.74, 6) is -0.610. The van der Waals surface area contributed by atoms with Crippen LogP contribution in [-0.4, -0.2) is 40.9 Å². The van der Waals surface area contributed by atoms with Gasteiger partial charge in [-0.05, 0) is 18.4 Å². The first-order chi connectivity index (χ1) is 10.2. The van der Waals surface area contributed by atoms with Crippen molar-refractivity contribution in [1.29, 1.82) is 5.26 Å². The van der Waals surface area contributed by atoms with E-state index in [4.69, 9.17) is 10.5 Å². The number of oxime groups is 1. The van der Waals surface area contributed by atoms with Crippen LogP contribution in [0.3, 0.4) is 0 Å². The first-order valence-electron chi connectivity index (χ1n) is 6.92. The first-order valence-corrected chi connectivity index (χ1v) is 6.92. The van der Waals surface area contributed by atoms with E-state index in [2.05, 4.69) is 27.5 Å². The van der Waals surface area contributed by atoms with E-state index in [1.807, 2.05) is 18.2 Å². The van der Waals surface area contributed by atoms with Crippen molar-refractivity contribution in [3.63, 3.8) is 0 Å². The Bertz CT molecular complexity index is 543. The Hall–Kier alpha value is -2.39. The molecule has 1 heterocycles. The molecular weight excluding hydrogens is 268 g/mol. The number of nitriles is 1. The summed E-state index contributed by atoms with van der Waals surface area (Å²) in [6.07, 6.45) is 1.64. The zero-order valence-corrected chi connectivity index (χ0v) is 11.7. The lowest BCUT2D eigenvalue weighted by molar-refractivity contribution is -0.115. The smallest absolute Gasteiger partial charge is 0.284 e. The highest BCUT2D eigenvalue weighted by atomic mass is 16.4. The third-order valence-electron chi connectivity index (χ3n) is 3.59. The van der Waals surface area contributed by atoms with Crippen molar-refractivity contribution in [3.8, 4) is 6.07 Å². The molecule has 0 radical (unpaired) electrons. The van der Waals surface area contributed by atoms with Crippen molar-refractivity contribution in [3.05, 3.63) is 35.9 Å². The molecule has 6 nitrogen and oxygen atoms in total. The van der Waals surface area contributed by atoms with Crippen LogP contribution in [0.4, 0.5) is 0 Å². The normalized spacial score (nSPS) is 17.2. The van der Waals surface area contributed by atoms with Gasteiger partial charge in [0.1, 0.15) is 6.07 Å². The van der Waals surface area contributed by atoms with E-state index in [0.29, 0.717) is 0 Å². The van der Waals surface area contributed by atoms with E-state index in [1.165, 1.54) is 5.56 Å². The highest BCUT2D eigenvalue weighted by molar-refractivity contribution is 6.45. The summed E-state index contributed by atoms with van der Waals surface area (Å²) in [6.45, 7) is 2.68. The first kappa shape index (κ1) is 15.0. The lowest BCUT2D eigenvalue weighted by atomic mass is 10.0. The minimum Gasteiger partial charge on any atom is -0.410 e. The van der Waals surface area contributed by atoms with Crippen molar-refractivity contribution in [2.45, 2.75) is 25.4 Å². The van der Waals surface area contributed by atoms with Crippen LogP contribution < -0.4 is 5.32 Å². The van der Waals surface area contributed by atoms with Gasteiger partial charge in [-0.2, -0.15) is 5.26 Å². The maximum atomic E-state index is 11.6. The highest BCUT2D eigenvalue weighted by Gasteiger charge is 2.22. The third-order valence-corrected chi connectivity index (χ3v) is 3.59. The molecule has 21 heavy (non-hydrogen) atoms. The zero-order chi connectivity index (χ0) is 15.1. The van der Waals surface area contributed by atoms with Crippen LogP contribution in [-0.2, 0) is 11.3 Å². The topological polar surface area (TPSA) is 88.7 Å². The largest absolute Gasteiger partial charge is 0.410 e. The Morgan fingerprint density at radius 2 is 2.05 bits per heavy atom. The molecule has 2 rings (SSSR count). The summed E-state index contributed by atoms with van der Waals surface area (Å²) in [4.78, 5) is 13.9. The minimum absolute atomic E-state index is 0.0228. The van der Waals surface area contributed by atoms with Gasteiger partial charge < -0.3 is 10.5 Å². The van der Waals surface area contributed by atoms with Crippen LogP contribution in [0.5, 0.6) is 0 Å². The van der Waals surface area contributed by atoms with Gasteiger partial charge in [0.15, 0.2) is 0 Å². The van der Waals surface area contributed by atoms with E-state index in [1.54, 1.807) is 6.07 Å². The van der Waals surface area contributed by atoms with Crippen LogP contribution in [0.1, 0.15) is 18.4 Å². The fourth-order valence-corrected chi connectivity index (χ4v) is 2.45. The van der Waals surface area contributed by atoms with Gasteiger partial charge >= 0.3 is 0 Å². The van der Waals surface area contributed by atoms with E-state index in [9.17, 15) is 4.79 Å². The monoisotopic (exact) mass is 286 g/mol. The molecule has 0 unspecified atom stereocenters. The number of amides is 1. The summed E-state index contributed by atoms with van der Waals surface area (Å²) in [5, 5.41) is 22.6. The number of carbonyl (C=O) groups is 1. The van der Waals surface area contributed by atoms with Crippen LogP contribution in [0, 0.1) is 11.3 Å². The van der Waals surface area contributed by atoms with Crippen LogP contribution in [0.25, 0.3) is 0 Å². The number of hydrogen-bond acceptors (Lipinski definition) is 5. The molecule has 6 heteroatoms. The Balaban J connectivity index is 1.79. The Kier molecular flexibility index (Phi) is 5.29. The fourth-order valence-electron chi connectivity index (χ4n) is 2.45. The average molecular weight is 286 g/mol. The minimum atomic E-state index is -0.610. The van der Waals surface area contributed by atoms with Gasteiger partial charge in [0.2, 0.25) is 5.71 Å². The molecule has 1 amide bonds. The predicted octanol–water partition coefficient (Wildman–Crippen LogP) is 1.12. The number of rotatable bonds is 4. The molecule has 1 saturated heterocycles. The number of piperidine rings is 1. The summed E-state index contributed by atoms with van der Waals surface area (Å²) in [7, 11) is 0. The van der Waals surface area contributed by atoms with Crippen LogP contribution in [0.2, 0.25) is 0 Å². The maximum Gasteiger partial charge on any atom is 0.284 e. The molecule has 1 aromatic rings. The van der Waals surface area contributed by atoms with Crippen molar-refractivity contribution in [1.82, 2.24) is 10.2 Å². The van der Waals surface area contributed by atoms with Crippen LogP contribution >= 0.6 is 0 Å². The van der Waals surface area contributed by atoms with Crippen molar-refractivity contribution in [2.75, 3.05) is 13.1 Å². The lowest BCUT2D eigenvalue weighted by Gasteiger charge is -2.32. The second kappa shape index (κ2) is 7.41. The second-order valence-corrected chi connectivity index (χ2v) is 5.07. The summed E-state index contributed by atoms with van der Waals surface area (Å²) in [6, 6.07) is 11.8. The molecule has 2 N–H and O–H groups in total. The van der Waals surface area contributed by atoms with E-state index in [0.717, 1.165) is 32.5 Å². The molecule has 0 spiro atoms. The number of nitrogens with zero attached hydrogens (tertiary/aromatic N) is 3. The summed E-state index contributed by atoms with van der Waals surface area (Å²) < 4.78 is 0. The number of benzene rings is 1. The van der Waals surface area contributed by atoms with Gasteiger partial charge in [0, 0.05) is 25.7 Å². The van der Waals surface area contributed by atoms with Gasteiger partial charge in [-0.1, -0.05) is 35.5 Å². The molecule has 0 saturated carbocycles. The lowest BCUT2D eigenvalue weighted by Crippen LogP contribution is -2.46. The van der Waals surface area contributed by atoms with E-state index in [-0.39, 0.29) is 6.04 Å². The zero-order valence-electron chi connectivity index (χ0n) is 11.7. The second-order valence-electron chi connectivity index (χ2n) is 5.07. The third kappa shape index (κ3) is 4.29. The fraction of sp³-hybridized carbons (Fsp3) is 0.400. The molecule has 1 aromatic carbocycles. The van der Waals surface area contributed by atoms with E-state index < -0.39 is 11.6 Å². The van der Waals surface area contributed by atoms with Gasteiger partial charge in [-0.25, -0.2) is 0 Å². The van der Waals surface area contributed by atoms with Crippen molar-refractivity contribution < 1.29 is 10.0 Å². The molecule has 0 bridgehead atoms. The summed E-state index contributed by atoms with van der Waals surface area (Å²) >= 11 is 0. The van der Waals surface area contributed by atoms with Crippen LogP contribution in [0.15, 0.2) is 35.5 Å². The molecule has 110 valence electrons. The summed E-state index contributed by atoms with van der Waals surface area (Å²) in [5.41, 5.74) is 0.779. The molecule has 1 aliphatic heterocycles. The SMILES string of the molecule is N#C/C(=N\O)C(=O)NC1CCN(Cc2ccccc2)CC1. The van der Waals surface area contributed by atoms with Gasteiger partial charge in [0.25, 0.3) is 5.91 Å². The van der Waals surface area contributed by atoms with E-state index >= 15 is 0 Å². The van der Waals surface area contributed by atoms with Crippen molar-refractivity contribution >= 4 is 11.6 Å². The Morgan fingerprint density at radius 3 is 2.62 bits per heavy atom. The maximum absolute atomic E-state index is 11.6. The number of carbonyl (C=O) groups excluding carboxylic acids is 1. The van der Waals surface area contributed by atoms with Crippen molar-refractivity contribution in [2.24, 2.45) is 5.16 Å². The Labute approximate surface area is 123 Å². The number of likely N-dealkylation sites (tertiary alicyclic amines) is 1. The standard InChI is InChI=1S/C15H18N4O2/c16-10-14(18-21)15(20)17-13-6-8-19(9-7-13)11-12-4-2-1-3-5-12/h1-5,13,21H,6-9,11H2,(H,17,20)/b18-14+. The molecule has 0 aliphatic carbocycles. The van der Waals surface area contributed by atoms with Gasteiger partial charge in [0.05, 0.1) is 0 Å². The molecule has 0 atom stereocenters. The highest BCUT2D eigenvalue weighted by Crippen LogP contribution is 2.13. The number of hydrogen-bond donors (Lipinski definition) is 2. The Morgan fingerprint density at radius 1 is 1.38 bits per heavy atom. The molecular formula is C15H18N4O2. The van der Waals surface area contributed by atoms with Gasteiger partial charge in [-0.3, -0.25) is 9.69 Å². The number of nitrogens with one attached hydrogen (secondary N) is 1.